The van der Waals surface area contributed by atoms with E-state index in [2.05, 4.69) is 5.32 Å². The topological polar surface area (TPSA) is 106 Å². The zero-order valence-electron chi connectivity index (χ0n) is 15.8. The predicted octanol–water partition coefficient (Wildman–Crippen LogP) is 2.37. The van der Waals surface area contributed by atoms with Crippen LogP contribution in [0.5, 0.6) is 5.75 Å². The quantitative estimate of drug-likeness (QED) is 0.650. The van der Waals surface area contributed by atoms with Crippen LogP contribution >= 0.6 is 11.8 Å². The maximum atomic E-state index is 12.3. The Bertz CT molecular complexity index is 954. The number of ether oxygens (including phenoxy) is 1. The summed E-state index contributed by atoms with van der Waals surface area (Å²) in [5.74, 6) is -0.576. The molecular formula is C20H23NO6S. The van der Waals surface area contributed by atoms with Crippen molar-refractivity contribution in [2.45, 2.75) is 44.8 Å². The predicted molar refractivity (Wildman–Crippen MR) is 107 cm³/mol. The van der Waals surface area contributed by atoms with Crippen molar-refractivity contribution in [2.24, 2.45) is 0 Å². The van der Waals surface area contributed by atoms with Crippen LogP contribution in [0.25, 0.3) is 11.0 Å². The number of hydrogen-bond donors (Lipinski definition) is 2. The molecule has 1 aliphatic rings. The number of carbonyl (C=O) groups is 2. The Hall–Kier alpha value is -2.48. The Morgan fingerprint density at radius 3 is 2.79 bits per heavy atom. The number of nitrogens with one attached hydrogen (secondary N) is 1. The van der Waals surface area contributed by atoms with Gasteiger partial charge in [-0.1, -0.05) is 0 Å². The van der Waals surface area contributed by atoms with Gasteiger partial charge in [-0.3, -0.25) is 4.79 Å². The van der Waals surface area contributed by atoms with Crippen LogP contribution in [0.3, 0.4) is 0 Å². The highest BCUT2D eigenvalue weighted by atomic mass is 32.2. The summed E-state index contributed by atoms with van der Waals surface area (Å²) in [6.07, 6.45) is 3.85. The highest BCUT2D eigenvalue weighted by Gasteiger charge is 2.24. The second-order valence-electron chi connectivity index (χ2n) is 6.80. The minimum atomic E-state index is -1.07. The molecule has 1 amide bonds. The van der Waals surface area contributed by atoms with Crippen LogP contribution in [0.15, 0.2) is 27.4 Å². The lowest BCUT2D eigenvalue weighted by molar-refractivity contribution is -0.142. The Balaban J connectivity index is 1.73. The number of thioether (sulfide) groups is 1. The standard InChI is InChI=1S/C20H23NO6S/c1-11(18(22)21-16(19(23)24)8-9-28-2)26-12-6-7-14-13-4-3-5-15(13)20(25)27-17(14)10-12/h6-7,10-11,16H,3-5,8-9H2,1-2H3,(H,21,22)(H,23,24)/t11-,16+/m1/s1. The molecule has 7 nitrogen and oxygen atoms in total. The summed E-state index contributed by atoms with van der Waals surface area (Å²) in [4.78, 5) is 35.7. The lowest BCUT2D eigenvalue weighted by Crippen LogP contribution is -2.46. The number of carboxylic acid groups (broad SMARTS) is 1. The van der Waals surface area contributed by atoms with Crippen molar-refractivity contribution in [2.75, 3.05) is 12.0 Å². The van der Waals surface area contributed by atoms with E-state index in [1.54, 1.807) is 19.1 Å². The fraction of sp³-hybridized carbons (Fsp3) is 0.450. The first kappa shape index (κ1) is 20.3. The lowest BCUT2D eigenvalue weighted by Gasteiger charge is -2.19. The van der Waals surface area contributed by atoms with Crippen molar-refractivity contribution in [3.63, 3.8) is 0 Å². The number of amides is 1. The largest absolute Gasteiger partial charge is 0.481 e. The van der Waals surface area contributed by atoms with Crippen molar-refractivity contribution >= 4 is 34.6 Å². The molecule has 1 aromatic carbocycles. The van der Waals surface area contributed by atoms with E-state index in [-0.39, 0.29) is 5.63 Å². The summed E-state index contributed by atoms with van der Waals surface area (Å²) in [5, 5.41) is 12.6. The molecule has 0 aliphatic heterocycles. The molecule has 0 bridgehead atoms. The monoisotopic (exact) mass is 405 g/mol. The molecule has 2 N–H and O–H groups in total. The normalized spacial score (nSPS) is 15.1. The Kier molecular flexibility index (Phi) is 6.28. The third kappa shape index (κ3) is 4.32. The third-order valence-corrected chi connectivity index (χ3v) is 5.50. The minimum Gasteiger partial charge on any atom is -0.481 e. The van der Waals surface area contributed by atoms with Gasteiger partial charge in [0.2, 0.25) is 0 Å². The van der Waals surface area contributed by atoms with Gasteiger partial charge in [0.25, 0.3) is 5.91 Å². The minimum absolute atomic E-state index is 0.318. The molecule has 0 unspecified atom stereocenters. The van der Waals surface area contributed by atoms with Gasteiger partial charge in [-0.15, -0.1) is 0 Å². The van der Waals surface area contributed by atoms with Crippen LogP contribution in [-0.4, -0.2) is 41.1 Å². The van der Waals surface area contributed by atoms with Crippen LogP contribution in [0.2, 0.25) is 0 Å². The first-order chi connectivity index (χ1) is 13.4. The van der Waals surface area contributed by atoms with Gasteiger partial charge in [0, 0.05) is 17.0 Å². The second-order valence-corrected chi connectivity index (χ2v) is 7.78. The number of rotatable bonds is 8. The molecule has 0 fully saturated rings. The van der Waals surface area contributed by atoms with E-state index in [9.17, 15) is 19.5 Å². The molecule has 0 saturated carbocycles. The molecule has 1 heterocycles. The van der Waals surface area contributed by atoms with Gasteiger partial charge in [-0.2, -0.15) is 11.8 Å². The Morgan fingerprint density at radius 1 is 1.32 bits per heavy atom. The molecule has 1 aromatic heterocycles. The van der Waals surface area contributed by atoms with E-state index in [1.165, 1.54) is 11.8 Å². The van der Waals surface area contributed by atoms with E-state index >= 15 is 0 Å². The zero-order valence-corrected chi connectivity index (χ0v) is 16.6. The average Bonchev–Trinajstić information content (AvgIpc) is 3.15. The van der Waals surface area contributed by atoms with Crippen LogP contribution in [0.4, 0.5) is 0 Å². The van der Waals surface area contributed by atoms with Crippen molar-refractivity contribution in [3.05, 3.63) is 39.7 Å². The molecular weight excluding hydrogens is 382 g/mol. The van der Waals surface area contributed by atoms with Crippen molar-refractivity contribution < 1.29 is 23.8 Å². The maximum absolute atomic E-state index is 12.3. The third-order valence-electron chi connectivity index (χ3n) is 4.85. The van der Waals surface area contributed by atoms with Gasteiger partial charge in [-0.05, 0) is 62.3 Å². The number of aliphatic carboxylic acids is 1. The van der Waals surface area contributed by atoms with E-state index in [0.717, 1.165) is 35.8 Å². The first-order valence-electron chi connectivity index (χ1n) is 9.18. The number of carbonyl (C=O) groups excluding carboxylic acids is 1. The Morgan fingerprint density at radius 2 is 2.07 bits per heavy atom. The number of benzene rings is 1. The zero-order chi connectivity index (χ0) is 20.3. The van der Waals surface area contributed by atoms with Gasteiger partial charge in [0.15, 0.2) is 6.10 Å². The molecule has 8 heteroatoms. The summed E-state index contributed by atoms with van der Waals surface area (Å²) in [5.41, 5.74) is 1.89. The molecule has 2 aromatic rings. The number of fused-ring (bicyclic) bond motifs is 3. The van der Waals surface area contributed by atoms with Gasteiger partial charge in [0.05, 0.1) is 0 Å². The van der Waals surface area contributed by atoms with Crippen molar-refractivity contribution in [3.8, 4) is 5.75 Å². The van der Waals surface area contributed by atoms with E-state index in [4.69, 9.17) is 9.15 Å². The summed E-state index contributed by atoms with van der Waals surface area (Å²) in [6.45, 7) is 1.55. The van der Waals surface area contributed by atoms with Gasteiger partial charge >= 0.3 is 11.6 Å². The molecule has 28 heavy (non-hydrogen) atoms. The molecule has 0 saturated heterocycles. The average molecular weight is 405 g/mol. The smallest absolute Gasteiger partial charge is 0.339 e. The summed E-state index contributed by atoms with van der Waals surface area (Å²) >= 11 is 1.51. The SMILES string of the molecule is CSCC[C@H](NC(=O)[C@@H](C)Oc1ccc2c3c(c(=O)oc2c1)CCC3)C(=O)O. The fourth-order valence-corrected chi connectivity index (χ4v) is 3.85. The van der Waals surface area contributed by atoms with Crippen LogP contribution in [0, 0.1) is 0 Å². The molecule has 150 valence electrons. The van der Waals surface area contributed by atoms with Gasteiger partial charge < -0.3 is 19.6 Å². The molecule has 0 radical (unpaired) electrons. The van der Waals surface area contributed by atoms with Crippen LogP contribution in [0.1, 0.15) is 30.9 Å². The molecule has 3 rings (SSSR count). The summed E-state index contributed by atoms with van der Waals surface area (Å²) in [6, 6.07) is 4.21. The molecule has 2 atom stereocenters. The number of aryl methyl sites for hydroxylation is 1. The number of carboxylic acids is 1. The Labute approximate surface area is 166 Å². The van der Waals surface area contributed by atoms with E-state index < -0.39 is 24.0 Å². The fourth-order valence-electron chi connectivity index (χ4n) is 3.38. The second kappa shape index (κ2) is 8.68. The maximum Gasteiger partial charge on any atom is 0.339 e. The highest BCUT2D eigenvalue weighted by molar-refractivity contribution is 7.98. The van der Waals surface area contributed by atoms with E-state index in [1.807, 2.05) is 12.3 Å². The number of hydrogen-bond acceptors (Lipinski definition) is 6. The van der Waals surface area contributed by atoms with Crippen molar-refractivity contribution in [1.82, 2.24) is 5.32 Å². The highest BCUT2D eigenvalue weighted by Crippen LogP contribution is 2.29. The summed E-state index contributed by atoms with van der Waals surface area (Å²) < 4.78 is 11.1. The van der Waals surface area contributed by atoms with Crippen molar-refractivity contribution in [1.29, 1.82) is 0 Å². The van der Waals surface area contributed by atoms with Crippen LogP contribution in [-0.2, 0) is 22.4 Å². The summed E-state index contributed by atoms with van der Waals surface area (Å²) in [7, 11) is 0. The van der Waals surface area contributed by atoms with Crippen LogP contribution < -0.4 is 15.7 Å². The molecule has 1 aliphatic carbocycles. The lowest BCUT2D eigenvalue weighted by atomic mass is 10.1. The first-order valence-corrected chi connectivity index (χ1v) is 10.6. The van der Waals surface area contributed by atoms with Gasteiger partial charge in [0.1, 0.15) is 17.4 Å². The van der Waals surface area contributed by atoms with E-state index in [0.29, 0.717) is 23.5 Å². The molecule has 0 spiro atoms. The van der Waals surface area contributed by atoms with Gasteiger partial charge in [-0.25, -0.2) is 9.59 Å².